The molecule has 0 saturated carbocycles. The van der Waals surface area contributed by atoms with E-state index in [1.165, 1.54) is 6.20 Å². The van der Waals surface area contributed by atoms with Crippen molar-refractivity contribution >= 4 is 11.8 Å². The van der Waals surface area contributed by atoms with Crippen LogP contribution < -0.4 is 10.2 Å². The van der Waals surface area contributed by atoms with Crippen LogP contribution in [0.2, 0.25) is 0 Å². The van der Waals surface area contributed by atoms with Gasteiger partial charge in [0.15, 0.2) is 11.6 Å². The van der Waals surface area contributed by atoms with E-state index in [-0.39, 0.29) is 18.0 Å². The van der Waals surface area contributed by atoms with Crippen LogP contribution >= 0.6 is 0 Å². The molecule has 2 rings (SSSR count). The Morgan fingerprint density at radius 1 is 1.37 bits per heavy atom. The fourth-order valence-corrected chi connectivity index (χ4v) is 2.22. The Labute approximate surface area is 113 Å². The van der Waals surface area contributed by atoms with Gasteiger partial charge in [-0.25, -0.2) is 9.37 Å². The Kier molecular flexibility index (Phi) is 4.52. The Balaban J connectivity index is 2.19. The predicted octanol–water partition coefficient (Wildman–Crippen LogP) is 2.05. The van der Waals surface area contributed by atoms with Gasteiger partial charge in [-0.1, -0.05) is 13.8 Å². The Morgan fingerprint density at radius 3 is 2.53 bits per heavy atom. The largest absolute Gasteiger partial charge is 0.371 e. The van der Waals surface area contributed by atoms with Crippen LogP contribution in [0, 0.1) is 5.82 Å². The van der Waals surface area contributed by atoms with Gasteiger partial charge in [-0.3, -0.25) is 0 Å². The predicted molar refractivity (Wildman–Crippen MR) is 73.0 cm³/mol. The molecule has 1 aliphatic rings. The van der Waals surface area contributed by atoms with Crippen molar-refractivity contribution in [1.82, 2.24) is 9.97 Å². The quantitative estimate of drug-likeness (QED) is 0.905. The van der Waals surface area contributed by atoms with Crippen molar-refractivity contribution in [1.29, 1.82) is 0 Å². The van der Waals surface area contributed by atoms with Gasteiger partial charge < -0.3 is 15.0 Å². The number of anilines is 2. The van der Waals surface area contributed by atoms with Gasteiger partial charge >= 0.3 is 0 Å². The zero-order valence-corrected chi connectivity index (χ0v) is 11.7. The summed E-state index contributed by atoms with van der Waals surface area (Å²) in [6.07, 6.45) is 3.49. The number of ether oxygens (including phenoxy) is 1. The van der Waals surface area contributed by atoms with Gasteiger partial charge in [-0.2, -0.15) is 4.98 Å². The van der Waals surface area contributed by atoms with Crippen LogP contribution in [0.25, 0.3) is 0 Å². The lowest BCUT2D eigenvalue weighted by molar-refractivity contribution is -0.0290. The number of rotatable bonds is 4. The Morgan fingerprint density at radius 2 is 2.00 bits per heavy atom. The van der Waals surface area contributed by atoms with E-state index in [2.05, 4.69) is 34.0 Å². The summed E-state index contributed by atoms with van der Waals surface area (Å²) in [4.78, 5) is 10.4. The number of nitrogens with one attached hydrogen (secondary N) is 1. The van der Waals surface area contributed by atoms with Crippen molar-refractivity contribution in [3.05, 3.63) is 12.0 Å². The first-order valence-electron chi connectivity index (χ1n) is 6.78. The fourth-order valence-electron chi connectivity index (χ4n) is 2.22. The smallest absolute Gasteiger partial charge is 0.227 e. The lowest BCUT2D eigenvalue weighted by Gasteiger charge is -2.37. The SMILES string of the molecule is CCC1CN(c2ncc(F)c(NC)n2)CC(CC)O1. The second-order valence-corrected chi connectivity index (χ2v) is 4.72. The number of nitrogens with zero attached hydrogens (tertiary/aromatic N) is 3. The topological polar surface area (TPSA) is 50.3 Å². The first-order chi connectivity index (χ1) is 9.17. The molecule has 1 N–H and O–H groups in total. The van der Waals surface area contributed by atoms with Crippen LogP contribution in [0.4, 0.5) is 16.2 Å². The zero-order chi connectivity index (χ0) is 13.8. The molecule has 1 aromatic heterocycles. The molecular formula is C13H21FN4O. The van der Waals surface area contributed by atoms with Crippen LogP contribution in [0.15, 0.2) is 6.20 Å². The average Bonchev–Trinajstić information content (AvgIpc) is 2.47. The molecule has 6 heteroatoms. The van der Waals surface area contributed by atoms with E-state index in [0.29, 0.717) is 5.95 Å². The van der Waals surface area contributed by atoms with E-state index in [4.69, 9.17) is 4.74 Å². The highest BCUT2D eigenvalue weighted by atomic mass is 19.1. The minimum Gasteiger partial charge on any atom is -0.371 e. The van der Waals surface area contributed by atoms with Crippen LogP contribution in [0.3, 0.4) is 0 Å². The summed E-state index contributed by atoms with van der Waals surface area (Å²) in [5.74, 6) is 0.363. The summed E-state index contributed by atoms with van der Waals surface area (Å²) in [5.41, 5.74) is 0. The molecule has 106 valence electrons. The van der Waals surface area contributed by atoms with Gasteiger partial charge in [0.2, 0.25) is 5.95 Å². The van der Waals surface area contributed by atoms with Crippen molar-refractivity contribution < 1.29 is 9.13 Å². The first kappa shape index (κ1) is 14.0. The van der Waals surface area contributed by atoms with Crippen molar-refractivity contribution in [3.8, 4) is 0 Å². The summed E-state index contributed by atoms with van der Waals surface area (Å²) in [6, 6.07) is 0. The molecule has 0 aliphatic carbocycles. The van der Waals surface area contributed by atoms with Crippen LogP contribution in [-0.2, 0) is 4.74 Å². The maximum absolute atomic E-state index is 13.4. The van der Waals surface area contributed by atoms with E-state index in [1.807, 2.05) is 0 Å². The maximum Gasteiger partial charge on any atom is 0.227 e. The number of halogens is 1. The molecule has 0 amide bonds. The minimum atomic E-state index is -0.432. The molecule has 1 fully saturated rings. The molecule has 0 aromatic carbocycles. The fraction of sp³-hybridized carbons (Fsp3) is 0.692. The summed E-state index contributed by atoms with van der Waals surface area (Å²) in [5, 5.41) is 2.74. The van der Waals surface area contributed by atoms with Crippen molar-refractivity contribution in [2.24, 2.45) is 0 Å². The van der Waals surface area contributed by atoms with Gasteiger partial charge in [0.25, 0.3) is 0 Å². The summed E-state index contributed by atoms with van der Waals surface area (Å²) in [7, 11) is 1.65. The van der Waals surface area contributed by atoms with Crippen LogP contribution in [0.1, 0.15) is 26.7 Å². The Hall–Kier alpha value is -1.43. The van der Waals surface area contributed by atoms with Gasteiger partial charge in [0.05, 0.1) is 18.4 Å². The van der Waals surface area contributed by atoms with Crippen molar-refractivity contribution in [2.45, 2.75) is 38.9 Å². The summed E-state index contributed by atoms with van der Waals surface area (Å²) < 4.78 is 19.3. The third-order valence-corrected chi connectivity index (χ3v) is 3.39. The van der Waals surface area contributed by atoms with E-state index < -0.39 is 5.82 Å². The third-order valence-electron chi connectivity index (χ3n) is 3.39. The van der Waals surface area contributed by atoms with E-state index in [1.54, 1.807) is 7.05 Å². The van der Waals surface area contributed by atoms with Crippen molar-refractivity contribution in [3.63, 3.8) is 0 Å². The van der Waals surface area contributed by atoms with Crippen LogP contribution in [-0.4, -0.2) is 42.3 Å². The Bertz CT molecular complexity index is 417. The van der Waals surface area contributed by atoms with Gasteiger partial charge in [0, 0.05) is 20.1 Å². The first-order valence-corrected chi connectivity index (χ1v) is 6.78. The molecule has 0 radical (unpaired) electrons. The van der Waals surface area contributed by atoms with E-state index in [9.17, 15) is 4.39 Å². The van der Waals surface area contributed by atoms with Gasteiger partial charge in [-0.05, 0) is 12.8 Å². The molecule has 1 aliphatic heterocycles. The maximum atomic E-state index is 13.4. The molecule has 19 heavy (non-hydrogen) atoms. The molecule has 0 bridgehead atoms. The lowest BCUT2D eigenvalue weighted by Crippen LogP contribution is -2.48. The molecule has 5 nitrogen and oxygen atoms in total. The highest BCUT2D eigenvalue weighted by molar-refractivity contribution is 5.42. The van der Waals surface area contributed by atoms with E-state index in [0.717, 1.165) is 25.9 Å². The van der Waals surface area contributed by atoms with Gasteiger partial charge in [-0.15, -0.1) is 0 Å². The van der Waals surface area contributed by atoms with Gasteiger partial charge in [0.1, 0.15) is 0 Å². The molecule has 2 atom stereocenters. The van der Waals surface area contributed by atoms with E-state index >= 15 is 0 Å². The number of hydrogen-bond acceptors (Lipinski definition) is 5. The molecule has 1 saturated heterocycles. The summed E-state index contributed by atoms with van der Waals surface area (Å²) >= 11 is 0. The number of hydrogen-bond donors (Lipinski definition) is 1. The zero-order valence-electron chi connectivity index (χ0n) is 11.7. The van der Waals surface area contributed by atoms with Crippen LogP contribution in [0.5, 0.6) is 0 Å². The standard InChI is InChI=1S/C13H21FN4O/c1-4-9-7-18(8-10(5-2)19-9)13-16-6-11(14)12(15-3)17-13/h6,9-10H,4-5,7-8H2,1-3H3,(H,15,16,17). The molecule has 2 heterocycles. The summed E-state index contributed by atoms with van der Waals surface area (Å²) in [6.45, 7) is 5.71. The molecule has 1 aromatic rings. The highest BCUT2D eigenvalue weighted by Crippen LogP contribution is 2.21. The third kappa shape index (κ3) is 3.12. The molecule has 2 unspecified atom stereocenters. The highest BCUT2D eigenvalue weighted by Gasteiger charge is 2.27. The minimum absolute atomic E-state index is 0.186. The molecular weight excluding hydrogens is 247 g/mol. The number of morpholine rings is 1. The number of aromatic nitrogens is 2. The lowest BCUT2D eigenvalue weighted by atomic mass is 10.1. The van der Waals surface area contributed by atoms with Crippen molar-refractivity contribution in [2.75, 3.05) is 30.4 Å². The monoisotopic (exact) mass is 268 g/mol. The molecule has 0 spiro atoms. The second-order valence-electron chi connectivity index (χ2n) is 4.72. The second kappa shape index (κ2) is 6.14. The normalized spacial score (nSPS) is 23.5. The average molecular weight is 268 g/mol.